The summed E-state index contributed by atoms with van der Waals surface area (Å²) < 4.78 is 0. The Morgan fingerprint density at radius 1 is 1.47 bits per heavy atom. The number of rotatable bonds is 6. The molecule has 0 saturated carbocycles. The molecule has 1 aliphatic heterocycles. The fourth-order valence-corrected chi connectivity index (χ4v) is 2.24. The van der Waals surface area contributed by atoms with Gasteiger partial charge in [0.05, 0.1) is 6.54 Å². The maximum atomic E-state index is 5.95. The third-order valence-electron chi connectivity index (χ3n) is 4.27. The van der Waals surface area contributed by atoms with Gasteiger partial charge in [-0.2, -0.15) is 0 Å². The summed E-state index contributed by atoms with van der Waals surface area (Å²) in [6.07, 6.45) is 2.56. The molecular formula is C14H31N5. The van der Waals surface area contributed by atoms with Gasteiger partial charge in [-0.25, -0.2) is 0 Å². The number of nitrogens with two attached hydrogens (primary N) is 1. The summed E-state index contributed by atoms with van der Waals surface area (Å²) in [4.78, 5) is 9.12. The number of nitrogens with one attached hydrogen (secondary N) is 1. The Bertz CT molecular complexity index is 298. The van der Waals surface area contributed by atoms with E-state index in [-0.39, 0.29) is 5.54 Å². The van der Waals surface area contributed by atoms with Crippen molar-refractivity contribution in [2.75, 3.05) is 40.3 Å². The molecule has 3 N–H and O–H groups in total. The summed E-state index contributed by atoms with van der Waals surface area (Å²) in [5.74, 6) is 0.567. The predicted molar refractivity (Wildman–Crippen MR) is 82.5 cm³/mol. The van der Waals surface area contributed by atoms with Crippen LogP contribution in [-0.4, -0.2) is 67.6 Å². The second kappa shape index (κ2) is 7.10. The Hall–Kier alpha value is -0.810. The zero-order valence-corrected chi connectivity index (χ0v) is 13.2. The SMILES string of the molecule is CCN1CCCC1CNC(N)=NCC(C)(C)N(C)C. The van der Waals surface area contributed by atoms with E-state index in [1.807, 2.05) is 0 Å². The second-order valence-corrected chi connectivity index (χ2v) is 6.21. The van der Waals surface area contributed by atoms with E-state index in [9.17, 15) is 0 Å². The Labute approximate surface area is 118 Å². The van der Waals surface area contributed by atoms with E-state index in [0.29, 0.717) is 18.5 Å². The minimum Gasteiger partial charge on any atom is -0.370 e. The summed E-state index contributed by atoms with van der Waals surface area (Å²) in [5.41, 5.74) is 5.98. The summed E-state index contributed by atoms with van der Waals surface area (Å²) in [5, 5.41) is 3.27. The molecule has 112 valence electrons. The molecule has 0 aromatic rings. The summed E-state index contributed by atoms with van der Waals surface area (Å²) in [6.45, 7) is 10.5. The van der Waals surface area contributed by atoms with Crippen molar-refractivity contribution in [2.45, 2.75) is 45.2 Å². The molecule has 19 heavy (non-hydrogen) atoms. The van der Waals surface area contributed by atoms with Gasteiger partial charge in [-0.3, -0.25) is 9.89 Å². The maximum absolute atomic E-state index is 5.95. The van der Waals surface area contributed by atoms with Crippen molar-refractivity contribution in [1.82, 2.24) is 15.1 Å². The van der Waals surface area contributed by atoms with Crippen molar-refractivity contribution in [3.8, 4) is 0 Å². The van der Waals surface area contributed by atoms with Crippen LogP contribution in [0.25, 0.3) is 0 Å². The van der Waals surface area contributed by atoms with Crippen LogP contribution < -0.4 is 11.1 Å². The highest BCUT2D eigenvalue weighted by Crippen LogP contribution is 2.15. The van der Waals surface area contributed by atoms with Crippen LogP contribution in [0, 0.1) is 0 Å². The smallest absolute Gasteiger partial charge is 0.188 e. The van der Waals surface area contributed by atoms with Crippen molar-refractivity contribution >= 4 is 5.96 Å². The number of nitrogens with zero attached hydrogens (tertiary/aromatic N) is 3. The molecule has 1 heterocycles. The van der Waals surface area contributed by atoms with Crippen LogP contribution in [0.1, 0.15) is 33.6 Å². The number of likely N-dealkylation sites (tertiary alicyclic amines) is 1. The predicted octanol–water partition coefficient (Wildman–Crippen LogP) is 0.715. The quantitative estimate of drug-likeness (QED) is 0.551. The molecule has 0 amide bonds. The van der Waals surface area contributed by atoms with Crippen LogP contribution in [0.2, 0.25) is 0 Å². The fourth-order valence-electron chi connectivity index (χ4n) is 2.24. The molecule has 1 saturated heterocycles. The van der Waals surface area contributed by atoms with Gasteiger partial charge in [-0.15, -0.1) is 0 Å². The van der Waals surface area contributed by atoms with Gasteiger partial charge >= 0.3 is 0 Å². The molecule has 0 spiro atoms. The monoisotopic (exact) mass is 269 g/mol. The lowest BCUT2D eigenvalue weighted by Gasteiger charge is -2.31. The van der Waals surface area contributed by atoms with Gasteiger partial charge in [0.2, 0.25) is 0 Å². The first kappa shape index (κ1) is 16.2. The van der Waals surface area contributed by atoms with Gasteiger partial charge in [-0.1, -0.05) is 6.92 Å². The highest BCUT2D eigenvalue weighted by Gasteiger charge is 2.23. The average molecular weight is 269 g/mol. The summed E-state index contributed by atoms with van der Waals surface area (Å²) in [7, 11) is 4.13. The third kappa shape index (κ3) is 4.99. The van der Waals surface area contributed by atoms with Gasteiger partial charge in [0, 0.05) is 18.1 Å². The Morgan fingerprint density at radius 3 is 2.74 bits per heavy atom. The minimum atomic E-state index is 0.0368. The molecule has 5 nitrogen and oxygen atoms in total. The summed E-state index contributed by atoms with van der Waals surface area (Å²) in [6, 6.07) is 0.612. The summed E-state index contributed by atoms with van der Waals surface area (Å²) >= 11 is 0. The van der Waals surface area contributed by atoms with E-state index in [1.165, 1.54) is 19.4 Å². The number of hydrogen-bond donors (Lipinski definition) is 2. The lowest BCUT2D eigenvalue weighted by atomic mass is 10.1. The molecule has 0 radical (unpaired) electrons. The number of hydrogen-bond acceptors (Lipinski definition) is 3. The van der Waals surface area contributed by atoms with Crippen LogP contribution in [-0.2, 0) is 0 Å². The molecule has 1 fully saturated rings. The molecule has 0 aromatic carbocycles. The Balaban J connectivity index is 2.36. The molecule has 1 atom stereocenters. The number of likely N-dealkylation sites (N-methyl/N-ethyl adjacent to an activating group) is 2. The Morgan fingerprint density at radius 2 is 2.16 bits per heavy atom. The lowest BCUT2D eigenvalue weighted by Crippen LogP contribution is -2.45. The van der Waals surface area contributed by atoms with Gasteiger partial charge in [0.25, 0.3) is 0 Å². The van der Waals surface area contributed by atoms with Crippen molar-refractivity contribution < 1.29 is 0 Å². The van der Waals surface area contributed by atoms with Crippen LogP contribution >= 0.6 is 0 Å². The molecule has 0 bridgehead atoms. The lowest BCUT2D eigenvalue weighted by molar-refractivity contribution is 0.205. The van der Waals surface area contributed by atoms with Crippen molar-refractivity contribution in [3.63, 3.8) is 0 Å². The molecular weight excluding hydrogens is 238 g/mol. The van der Waals surface area contributed by atoms with Gasteiger partial charge < -0.3 is 16.0 Å². The highest BCUT2D eigenvalue weighted by molar-refractivity contribution is 5.77. The van der Waals surface area contributed by atoms with Crippen LogP contribution in [0.5, 0.6) is 0 Å². The molecule has 1 unspecified atom stereocenters. The molecule has 0 aromatic heterocycles. The Kier molecular flexibility index (Phi) is 6.07. The van der Waals surface area contributed by atoms with Crippen molar-refractivity contribution in [2.24, 2.45) is 10.7 Å². The highest BCUT2D eigenvalue weighted by atomic mass is 15.2. The number of aliphatic imine (C=N–C) groups is 1. The van der Waals surface area contributed by atoms with Gasteiger partial charge in [0.1, 0.15) is 0 Å². The van der Waals surface area contributed by atoms with E-state index in [1.54, 1.807) is 0 Å². The second-order valence-electron chi connectivity index (χ2n) is 6.21. The van der Waals surface area contributed by atoms with E-state index >= 15 is 0 Å². The van der Waals surface area contributed by atoms with E-state index < -0.39 is 0 Å². The van der Waals surface area contributed by atoms with Gasteiger partial charge in [0.15, 0.2) is 5.96 Å². The zero-order chi connectivity index (χ0) is 14.5. The van der Waals surface area contributed by atoms with E-state index in [4.69, 9.17) is 5.73 Å². The number of guanidine groups is 1. The van der Waals surface area contributed by atoms with E-state index in [0.717, 1.165) is 13.1 Å². The third-order valence-corrected chi connectivity index (χ3v) is 4.27. The standard InChI is InChI=1S/C14H31N5/c1-6-19-9-7-8-12(19)10-16-13(15)17-11-14(2,3)18(4)5/h12H,6-11H2,1-5H3,(H3,15,16,17). The topological polar surface area (TPSA) is 56.9 Å². The average Bonchev–Trinajstić information content (AvgIpc) is 2.81. The molecule has 5 heteroatoms. The first-order chi connectivity index (χ1) is 8.86. The van der Waals surface area contributed by atoms with Crippen molar-refractivity contribution in [3.05, 3.63) is 0 Å². The molecule has 0 aliphatic carbocycles. The largest absolute Gasteiger partial charge is 0.370 e. The maximum Gasteiger partial charge on any atom is 0.188 e. The van der Waals surface area contributed by atoms with Crippen molar-refractivity contribution in [1.29, 1.82) is 0 Å². The van der Waals surface area contributed by atoms with Gasteiger partial charge in [-0.05, 0) is 53.9 Å². The molecule has 1 rings (SSSR count). The van der Waals surface area contributed by atoms with E-state index in [2.05, 4.69) is 55.0 Å². The zero-order valence-electron chi connectivity index (χ0n) is 13.2. The first-order valence-electron chi connectivity index (χ1n) is 7.32. The van der Waals surface area contributed by atoms with Crippen LogP contribution in [0.3, 0.4) is 0 Å². The fraction of sp³-hybridized carbons (Fsp3) is 0.929. The van der Waals surface area contributed by atoms with Crippen LogP contribution in [0.4, 0.5) is 0 Å². The first-order valence-corrected chi connectivity index (χ1v) is 7.32. The van der Waals surface area contributed by atoms with Crippen LogP contribution in [0.15, 0.2) is 4.99 Å². The minimum absolute atomic E-state index is 0.0368. The molecule has 1 aliphatic rings. The normalized spacial score (nSPS) is 22.2.